The van der Waals surface area contributed by atoms with Gasteiger partial charge in [0, 0.05) is 18.2 Å². The minimum absolute atomic E-state index is 0.0562. The van der Waals surface area contributed by atoms with Gasteiger partial charge < -0.3 is 23.8 Å². The molecule has 0 bridgehead atoms. The minimum atomic E-state index is -3.18. The fourth-order valence-electron chi connectivity index (χ4n) is 3.71. The van der Waals surface area contributed by atoms with Crippen molar-refractivity contribution in [2.45, 2.75) is 19.0 Å². The summed E-state index contributed by atoms with van der Waals surface area (Å²) in [6.45, 7) is 0.196. The molecule has 1 aliphatic heterocycles. The van der Waals surface area contributed by atoms with Gasteiger partial charge >= 0.3 is 0 Å². The lowest BCUT2D eigenvalue weighted by atomic mass is 10.1. The first-order valence-corrected chi connectivity index (χ1v) is 11.6. The van der Waals surface area contributed by atoms with Crippen molar-refractivity contribution < 1.29 is 32.2 Å². The zero-order chi connectivity index (χ0) is 22.6. The van der Waals surface area contributed by atoms with Gasteiger partial charge in [-0.25, -0.2) is 8.42 Å². The second-order valence-electron chi connectivity index (χ2n) is 7.25. The van der Waals surface area contributed by atoms with Crippen LogP contribution in [0.15, 0.2) is 36.4 Å². The Labute approximate surface area is 182 Å². The fraction of sp³-hybridized carbons (Fsp3) is 0.409. The second-order valence-corrected chi connectivity index (χ2v) is 9.48. The number of amides is 1. The zero-order valence-electron chi connectivity index (χ0n) is 18.1. The van der Waals surface area contributed by atoms with Crippen LogP contribution in [0.25, 0.3) is 0 Å². The first-order chi connectivity index (χ1) is 14.8. The number of rotatable bonds is 8. The van der Waals surface area contributed by atoms with Gasteiger partial charge in [-0.2, -0.15) is 0 Å². The Hall–Kier alpha value is -2.94. The lowest BCUT2D eigenvalue weighted by Crippen LogP contribution is -2.40. The summed E-state index contributed by atoms with van der Waals surface area (Å²) in [6, 6.07) is 9.86. The Morgan fingerprint density at radius 3 is 2.03 bits per heavy atom. The Balaban J connectivity index is 1.98. The SMILES string of the molecule is COc1ccc(C(=O)N(Cc2cc(OC)c(OC)c(OC)c2)[C@H]2CCS(=O)(=O)C2)cc1. The molecule has 0 unspecified atom stereocenters. The van der Waals surface area contributed by atoms with Crippen LogP contribution in [0.2, 0.25) is 0 Å². The lowest BCUT2D eigenvalue weighted by molar-refractivity contribution is 0.0680. The van der Waals surface area contributed by atoms with Crippen LogP contribution in [0.4, 0.5) is 0 Å². The van der Waals surface area contributed by atoms with E-state index in [0.29, 0.717) is 35.0 Å². The monoisotopic (exact) mass is 449 g/mol. The highest BCUT2D eigenvalue weighted by Crippen LogP contribution is 2.39. The van der Waals surface area contributed by atoms with Gasteiger partial charge in [0.25, 0.3) is 5.91 Å². The smallest absolute Gasteiger partial charge is 0.254 e. The maximum absolute atomic E-state index is 13.4. The van der Waals surface area contributed by atoms with E-state index in [1.165, 1.54) is 21.3 Å². The molecule has 0 N–H and O–H groups in total. The number of hydrogen-bond acceptors (Lipinski definition) is 7. The third-order valence-electron chi connectivity index (χ3n) is 5.32. The van der Waals surface area contributed by atoms with E-state index in [0.717, 1.165) is 5.56 Å². The second kappa shape index (κ2) is 9.47. The third kappa shape index (κ3) is 5.04. The Morgan fingerprint density at radius 2 is 1.58 bits per heavy atom. The van der Waals surface area contributed by atoms with Crippen molar-refractivity contribution in [3.8, 4) is 23.0 Å². The minimum Gasteiger partial charge on any atom is -0.497 e. The largest absolute Gasteiger partial charge is 0.497 e. The van der Waals surface area contributed by atoms with Crippen LogP contribution < -0.4 is 18.9 Å². The van der Waals surface area contributed by atoms with Gasteiger partial charge in [-0.1, -0.05) is 0 Å². The summed E-state index contributed by atoms with van der Waals surface area (Å²) in [6.07, 6.45) is 0.397. The molecule has 0 spiro atoms. The summed E-state index contributed by atoms with van der Waals surface area (Å²) in [7, 11) is 2.93. The molecule has 1 atom stereocenters. The van der Waals surface area contributed by atoms with E-state index >= 15 is 0 Å². The van der Waals surface area contributed by atoms with E-state index in [1.807, 2.05) is 0 Å². The number of ether oxygens (including phenoxy) is 4. The highest BCUT2D eigenvalue weighted by molar-refractivity contribution is 7.91. The van der Waals surface area contributed by atoms with Crippen molar-refractivity contribution in [3.63, 3.8) is 0 Å². The number of sulfone groups is 1. The van der Waals surface area contributed by atoms with Crippen molar-refractivity contribution in [1.29, 1.82) is 0 Å². The summed E-state index contributed by atoms with van der Waals surface area (Å²) in [4.78, 5) is 15.0. The van der Waals surface area contributed by atoms with Crippen LogP contribution in [0.1, 0.15) is 22.3 Å². The molecule has 8 nitrogen and oxygen atoms in total. The van der Waals surface area contributed by atoms with Gasteiger partial charge in [0.2, 0.25) is 5.75 Å². The molecule has 1 amide bonds. The number of carbonyl (C=O) groups is 1. The molecule has 168 valence electrons. The maximum atomic E-state index is 13.4. The predicted octanol–water partition coefficient (Wildman–Crippen LogP) is 2.55. The Bertz CT molecular complexity index is 1010. The van der Waals surface area contributed by atoms with Crippen LogP contribution in [0.3, 0.4) is 0 Å². The number of methoxy groups -OCH3 is 4. The number of hydrogen-bond donors (Lipinski definition) is 0. The van der Waals surface area contributed by atoms with Gasteiger partial charge in [0.05, 0.1) is 39.9 Å². The van der Waals surface area contributed by atoms with E-state index in [1.54, 1.807) is 48.4 Å². The summed E-state index contributed by atoms with van der Waals surface area (Å²) >= 11 is 0. The molecular weight excluding hydrogens is 422 g/mol. The molecule has 1 heterocycles. The highest BCUT2D eigenvalue weighted by Gasteiger charge is 2.35. The third-order valence-corrected chi connectivity index (χ3v) is 7.07. The molecule has 3 rings (SSSR count). The van der Waals surface area contributed by atoms with Gasteiger partial charge in [-0.15, -0.1) is 0 Å². The average Bonchev–Trinajstić information content (AvgIpc) is 3.15. The van der Waals surface area contributed by atoms with E-state index in [9.17, 15) is 13.2 Å². The first-order valence-electron chi connectivity index (χ1n) is 9.76. The van der Waals surface area contributed by atoms with Gasteiger partial charge in [-0.05, 0) is 48.4 Å². The fourth-order valence-corrected chi connectivity index (χ4v) is 5.44. The van der Waals surface area contributed by atoms with Crippen LogP contribution in [-0.4, -0.2) is 65.2 Å². The van der Waals surface area contributed by atoms with Crippen molar-refractivity contribution >= 4 is 15.7 Å². The van der Waals surface area contributed by atoms with E-state index in [4.69, 9.17) is 18.9 Å². The van der Waals surface area contributed by atoms with Crippen LogP contribution in [-0.2, 0) is 16.4 Å². The maximum Gasteiger partial charge on any atom is 0.254 e. The van der Waals surface area contributed by atoms with Crippen LogP contribution >= 0.6 is 0 Å². The molecule has 0 radical (unpaired) electrons. The first kappa shape index (κ1) is 22.7. The summed E-state index contributed by atoms with van der Waals surface area (Å²) < 4.78 is 45.6. The number of benzene rings is 2. The number of carbonyl (C=O) groups excluding carboxylic acids is 1. The standard InChI is InChI=1S/C22H27NO7S/c1-27-18-7-5-16(6-8-18)22(24)23(17-9-10-31(25,26)14-17)13-15-11-19(28-2)21(30-4)20(12-15)29-3/h5-8,11-12,17H,9-10,13-14H2,1-4H3/t17-/m0/s1. The summed E-state index contributed by atoms with van der Waals surface area (Å²) in [5, 5.41) is 0. The molecule has 0 aliphatic carbocycles. The quantitative estimate of drug-likeness (QED) is 0.612. The summed E-state index contributed by atoms with van der Waals surface area (Å²) in [5.41, 5.74) is 1.19. The van der Waals surface area contributed by atoms with Crippen molar-refractivity contribution in [1.82, 2.24) is 4.90 Å². The van der Waals surface area contributed by atoms with Gasteiger partial charge in [0.1, 0.15) is 5.75 Å². The van der Waals surface area contributed by atoms with Gasteiger partial charge in [-0.3, -0.25) is 4.79 Å². The molecule has 1 aliphatic rings. The highest BCUT2D eigenvalue weighted by atomic mass is 32.2. The molecule has 0 aromatic heterocycles. The Morgan fingerprint density at radius 1 is 0.968 bits per heavy atom. The van der Waals surface area contributed by atoms with Crippen LogP contribution in [0.5, 0.6) is 23.0 Å². The summed E-state index contributed by atoms with van der Waals surface area (Å²) in [5.74, 6) is 1.78. The van der Waals surface area contributed by atoms with E-state index in [-0.39, 0.29) is 24.0 Å². The molecule has 2 aromatic carbocycles. The van der Waals surface area contributed by atoms with Crippen molar-refractivity contribution in [3.05, 3.63) is 47.5 Å². The topological polar surface area (TPSA) is 91.4 Å². The molecule has 1 saturated heterocycles. The number of nitrogens with zero attached hydrogens (tertiary/aromatic N) is 1. The molecule has 1 fully saturated rings. The normalized spacial score (nSPS) is 17.1. The van der Waals surface area contributed by atoms with Crippen molar-refractivity contribution in [2.24, 2.45) is 0 Å². The molecule has 9 heteroatoms. The molecular formula is C22H27NO7S. The average molecular weight is 450 g/mol. The Kier molecular flexibility index (Phi) is 6.94. The zero-order valence-corrected chi connectivity index (χ0v) is 18.9. The molecule has 0 saturated carbocycles. The van der Waals surface area contributed by atoms with Gasteiger partial charge in [0.15, 0.2) is 21.3 Å². The predicted molar refractivity (Wildman–Crippen MR) is 116 cm³/mol. The van der Waals surface area contributed by atoms with E-state index in [2.05, 4.69) is 0 Å². The van der Waals surface area contributed by atoms with E-state index < -0.39 is 15.9 Å². The lowest BCUT2D eigenvalue weighted by Gasteiger charge is -2.29. The van der Waals surface area contributed by atoms with Crippen LogP contribution in [0, 0.1) is 0 Å². The molecule has 31 heavy (non-hydrogen) atoms. The van der Waals surface area contributed by atoms with Crippen molar-refractivity contribution in [2.75, 3.05) is 39.9 Å². The molecule has 2 aromatic rings.